The molecule has 1 heterocycles. The van der Waals surface area contributed by atoms with Crippen molar-refractivity contribution in [1.29, 1.82) is 0 Å². The Labute approximate surface area is 141 Å². The van der Waals surface area contributed by atoms with Gasteiger partial charge in [0.2, 0.25) is 0 Å². The van der Waals surface area contributed by atoms with Crippen LogP contribution in [0.25, 0.3) is 0 Å². The van der Waals surface area contributed by atoms with Gasteiger partial charge in [0.15, 0.2) is 5.82 Å². The molecule has 24 heavy (non-hydrogen) atoms. The summed E-state index contributed by atoms with van der Waals surface area (Å²) < 4.78 is 4.86. The van der Waals surface area contributed by atoms with Gasteiger partial charge in [-0.3, -0.25) is 14.9 Å². The minimum Gasteiger partial charge on any atom is -0.360 e. The van der Waals surface area contributed by atoms with Crippen LogP contribution in [0, 0.1) is 12.8 Å². The number of carbonyl (C=O) groups is 2. The molecule has 6 heteroatoms. The molecule has 1 aromatic heterocycles. The lowest BCUT2D eigenvalue weighted by molar-refractivity contribution is -0.136. The predicted molar refractivity (Wildman–Crippen MR) is 91.4 cm³/mol. The van der Waals surface area contributed by atoms with Crippen LogP contribution in [-0.2, 0) is 16.0 Å². The third-order valence-electron chi connectivity index (χ3n) is 3.78. The first-order valence-electron chi connectivity index (χ1n) is 8.04. The number of nitrogens with zero attached hydrogens (tertiary/aromatic N) is 1. The van der Waals surface area contributed by atoms with Crippen molar-refractivity contribution in [2.75, 3.05) is 5.32 Å². The minimum atomic E-state index is -0.765. The Morgan fingerprint density at radius 1 is 1.17 bits per heavy atom. The summed E-state index contributed by atoms with van der Waals surface area (Å²) in [5, 5.41) is 8.85. The van der Waals surface area contributed by atoms with Gasteiger partial charge in [-0.15, -0.1) is 0 Å². The summed E-state index contributed by atoms with van der Waals surface area (Å²) in [6, 6.07) is 9.36. The molecule has 6 nitrogen and oxygen atoms in total. The molecule has 0 spiro atoms. The van der Waals surface area contributed by atoms with Crippen molar-refractivity contribution in [1.82, 2.24) is 10.5 Å². The van der Waals surface area contributed by atoms with Crippen molar-refractivity contribution in [2.24, 2.45) is 5.92 Å². The number of hydrogen-bond donors (Lipinski definition) is 2. The summed E-state index contributed by atoms with van der Waals surface area (Å²) in [6.45, 7) is 7.79. The van der Waals surface area contributed by atoms with Gasteiger partial charge in [-0.05, 0) is 30.4 Å². The van der Waals surface area contributed by atoms with Crippen LogP contribution in [0.3, 0.4) is 0 Å². The van der Waals surface area contributed by atoms with Gasteiger partial charge in [-0.2, -0.15) is 0 Å². The van der Waals surface area contributed by atoms with Gasteiger partial charge in [0.1, 0.15) is 5.76 Å². The van der Waals surface area contributed by atoms with Crippen molar-refractivity contribution < 1.29 is 14.1 Å². The highest BCUT2D eigenvalue weighted by Crippen LogP contribution is 2.22. The standard InChI is InChI=1S/C18H23N3O3/c1-5-13-6-8-14(9-7-13)16(11(2)3)20-18(23)17(22)19-15-10-12(4)24-21-15/h6-11,16H,5H2,1-4H3,(H,20,23)(H,19,21,22)/t16-/m0/s1. The first-order chi connectivity index (χ1) is 11.4. The SMILES string of the molecule is CCc1ccc([C@@H](NC(=O)C(=O)Nc2cc(C)on2)C(C)C)cc1. The Hall–Kier alpha value is -2.63. The van der Waals surface area contributed by atoms with Crippen molar-refractivity contribution in [2.45, 2.75) is 40.2 Å². The molecule has 0 aliphatic carbocycles. The zero-order chi connectivity index (χ0) is 17.7. The van der Waals surface area contributed by atoms with Gasteiger partial charge < -0.3 is 9.84 Å². The Morgan fingerprint density at radius 2 is 1.83 bits per heavy atom. The highest BCUT2D eigenvalue weighted by atomic mass is 16.5. The van der Waals surface area contributed by atoms with E-state index < -0.39 is 11.8 Å². The number of benzene rings is 1. The molecule has 0 saturated carbocycles. The lowest BCUT2D eigenvalue weighted by Crippen LogP contribution is -2.39. The highest BCUT2D eigenvalue weighted by Gasteiger charge is 2.23. The van der Waals surface area contributed by atoms with Gasteiger partial charge >= 0.3 is 11.8 Å². The second-order valence-corrected chi connectivity index (χ2v) is 6.07. The maximum Gasteiger partial charge on any atom is 0.314 e. The van der Waals surface area contributed by atoms with Gasteiger partial charge in [-0.25, -0.2) is 0 Å². The Morgan fingerprint density at radius 3 is 2.33 bits per heavy atom. The normalized spacial score (nSPS) is 12.0. The fourth-order valence-electron chi connectivity index (χ4n) is 2.40. The zero-order valence-corrected chi connectivity index (χ0v) is 14.4. The molecule has 2 rings (SSSR count). The van der Waals surface area contributed by atoms with Crippen LogP contribution in [0.1, 0.15) is 43.7 Å². The van der Waals surface area contributed by atoms with E-state index in [4.69, 9.17) is 4.52 Å². The van der Waals surface area contributed by atoms with Crippen LogP contribution in [0.4, 0.5) is 5.82 Å². The van der Waals surface area contributed by atoms with Crippen molar-refractivity contribution in [3.05, 3.63) is 47.2 Å². The monoisotopic (exact) mass is 329 g/mol. The number of aromatic nitrogens is 1. The zero-order valence-electron chi connectivity index (χ0n) is 14.4. The first-order valence-corrected chi connectivity index (χ1v) is 8.04. The molecule has 0 fully saturated rings. The molecule has 0 aliphatic rings. The topological polar surface area (TPSA) is 84.2 Å². The fourth-order valence-corrected chi connectivity index (χ4v) is 2.40. The Kier molecular flexibility index (Phi) is 5.73. The molecule has 0 radical (unpaired) electrons. The van der Waals surface area contributed by atoms with E-state index in [9.17, 15) is 9.59 Å². The van der Waals surface area contributed by atoms with Crippen LogP contribution in [0.15, 0.2) is 34.9 Å². The quantitative estimate of drug-likeness (QED) is 0.826. The van der Waals surface area contributed by atoms with Crippen LogP contribution in [-0.4, -0.2) is 17.0 Å². The van der Waals surface area contributed by atoms with Gasteiger partial charge in [0.25, 0.3) is 0 Å². The van der Waals surface area contributed by atoms with E-state index in [-0.39, 0.29) is 17.8 Å². The summed E-state index contributed by atoms with van der Waals surface area (Å²) >= 11 is 0. The minimum absolute atomic E-state index is 0.142. The average molecular weight is 329 g/mol. The van der Waals surface area contributed by atoms with E-state index in [1.807, 2.05) is 38.1 Å². The van der Waals surface area contributed by atoms with Gasteiger partial charge in [0.05, 0.1) is 6.04 Å². The maximum absolute atomic E-state index is 12.2. The van der Waals surface area contributed by atoms with Gasteiger partial charge in [0, 0.05) is 6.07 Å². The second-order valence-electron chi connectivity index (χ2n) is 6.07. The number of aryl methyl sites for hydroxylation is 2. The number of amides is 2. The molecular weight excluding hydrogens is 306 g/mol. The molecule has 1 aromatic carbocycles. The highest BCUT2D eigenvalue weighted by molar-refractivity contribution is 6.39. The molecule has 0 aliphatic heterocycles. The Bertz CT molecular complexity index is 705. The fraction of sp³-hybridized carbons (Fsp3) is 0.389. The van der Waals surface area contributed by atoms with E-state index in [1.54, 1.807) is 13.0 Å². The average Bonchev–Trinajstić information content (AvgIpc) is 2.97. The maximum atomic E-state index is 12.2. The molecule has 0 bridgehead atoms. The van der Waals surface area contributed by atoms with E-state index in [1.165, 1.54) is 5.56 Å². The van der Waals surface area contributed by atoms with Crippen molar-refractivity contribution in [3.8, 4) is 0 Å². The molecule has 0 unspecified atom stereocenters. The van der Waals surface area contributed by atoms with Crippen LogP contribution >= 0.6 is 0 Å². The molecule has 1 atom stereocenters. The van der Waals surface area contributed by atoms with Gasteiger partial charge in [-0.1, -0.05) is 50.2 Å². The largest absolute Gasteiger partial charge is 0.360 e. The summed E-state index contributed by atoms with van der Waals surface area (Å²) in [4.78, 5) is 24.2. The van der Waals surface area contributed by atoms with E-state index in [2.05, 4.69) is 22.7 Å². The molecule has 2 N–H and O–H groups in total. The van der Waals surface area contributed by atoms with Crippen LogP contribution in [0.2, 0.25) is 0 Å². The third kappa shape index (κ3) is 4.44. The second kappa shape index (κ2) is 7.77. The van der Waals surface area contributed by atoms with E-state index in [0.717, 1.165) is 12.0 Å². The van der Waals surface area contributed by atoms with Crippen molar-refractivity contribution in [3.63, 3.8) is 0 Å². The van der Waals surface area contributed by atoms with Crippen LogP contribution < -0.4 is 10.6 Å². The Balaban J connectivity index is 2.05. The number of carbonyl (C=O) groups excluding carboxylic acids is 2. The lowest BCUT2D eigenvalue weighted by atomic mass is 9.95. The predicted octanol–water partition coefficient (Wildman–Crippen LogP) is 3.00. The summed E-state index contributed by atoms with van der Waals surface area (Å²) in [6.07, 6.45) is 0.957. The van der Waals surface area contributed by atoms with Crippen LogP contribution in [0.5, 0.6) is 0 Å². The first kappa shape index (κ1) is 17.7. The molecule has 128 valence electrons. The molecule has 0 saturated heterocycles. The molecular formula is C18H23N3O3. The molecule has 2 aromatic rings. The number of hydrogen-bond acceptors (Lipinski definition) is 4. The molecule has 2 amide bonds. The smallest absolute Gasteiger partial charge is 0.314 e. The summed E-state index contributed by atoms with van der Waals surface area (Å²) in [5.41, 5.74) is 2.20. The van der Waals surface area contributed by atoms with Crippen molar-refractivity contribution >= 4 is 17.6 Å². The number of rotatable bonds is 5. The summed E-state index contributed by atoms with van der Waals surface area (Å²) in [5.74, 6) is -0.542. The van der Waals surface area contributed by atoms with E-state index >= 15 is 0 Å². The third-order valence-corrected chi connectivity index (χ3v) is 3.78. The number of anilines is 1. The van der Waals surface area contributed by atoms with E-state index in [0.29, 0.717) is 5.76 Å². The summed E-state index contributed by atoms with van der Waals surface area (Å²) in [7, 11) is 0. The lowest BCUT2D eigenvalue weighted by Gasteiger charge is -2.22. The number of nitrogens with one attached hydrogen (secondary N) is 2.